The van der Waals surface area contributed by atoms with Gasteiger partial charge in [-0.1, -0.05) is 18.7 Å². The van der Waals surface area contributed by atoms with Crippen LogP contribution in [0.2, 0.25) is 0 Å². The number of alkyl halides is 3. The molecular formula is C25H25F3N2O4. The molecule has 34 heavy (non-hydrogen) atoms. The molecule has 0 N–H and O–H groups in total. The number of amides is 2. The molecule has 0 unspecified atom stereocenters. The Morgan fingerprint density at radius 3 is 2.24 bits per heavy atom. The zero-order valence-corrected chi connectivity index (χ0v) is 18.7. The molecule has 0 saturated carbocycles. The van der Waals surface area contributed by atoms with Crippen molar-refractivity contribution in [2.45, 2.75) is 6.18 Å². The third kappa shape index (κ3) is 6.18. The normalized spacial score (nSPS) is 14.2. The highest BCUT2D eigenvalue weighted by Crippen LogP contribution is 2.30. The van der Waals surface area contributed by atoms with E-state index in [9.17, 15) is 22.8 Å². The summed E-state index contributed by atoms with van der Waals surface area (Å²) in [5.74, 6) is 0.543. The number of benzene rings is 2. The van der Waals surface area contributed by atoms with Gasteiger partial charge < -0.3 is 19.3 Å². The lowest BCUT2D eigenvalue weighted by atomic mass is 10.1. The van der Waals surface area contributed by atoms with Gasteiger partial charge in [-0.25, -0.2) is 0 Å². The molecular weight excluding hydrogens is 449 g/mol. The molecule has 9 heteroatoms. The molecule has 3 rings (SSSR count). The zero-order chi connectivity index (χ0) is 24.7. The summed E-state index contributed by atoms with van der Waals surface area (Å²) in [6, 6.07) is 9.43. The minimum atomic E-state index is -4.45. The molecule has 1 aliphatic rings. The highest BCUT2D eigenvalue weighted by molar-refractivity contribution is 5.95. The summed E-state index contributed by atoms with van der Waals surface area (Å²) in [5, 5.41) is 0. The van der Waals surface area contributed by atoms with Crippen LogP contribution in [-0.4, -0.2) is 61.5 Å². The number of hydrogen-bond donors (Lipinski definition) is 0. The maximum atomic E-state index is 12.7. The predicted molar refractivity (Wildman–Crippen MR) is 122 cm³/mol. The summed E-state index contributed by atoms with van der Waals surface area (Å²) in [7, 11) is 1.53. The van der Waals surface area contributed by atoms with Gasteiger partial charge in [0, 0.05) is 37.8 Å². The van der Waals surface area contributed by atoms with E-state index >= 15 is 0 Å². The molecule has 6 nitrogen and oxygen atoms in total. The van der Waals surface area contributed by atoms with E-state index < -0.39 is 11.7 Å². The van der Waals surface area contributed by atoms with Crippen molar-refractivity contribution in [1.82, 2.24) is 9.80 Å². The quantitative estimate of drug-likeness (QED) is 0.444. The van der Waals surface area contributed by atoms with E-state index in [0.29, 0.717) is 44.3 Å². The number of halogens is 3. The Morgan fingerprint density at radius 1 is 1.00 bits per heavy atom. The molecule has 180 valence electrons. The fourth-order valence-corrected chi connectivity index (χ4v) is 3.44. The molecule has 1 fully saturated rings. The van der Waals surface area contributed by atoms with E-state index in [1.165, 1.54) is 30.2 Å². The Hall–Kier alpha value is -3.75. The molecule has 2 amide bonds. The van der Waals surface area contributed by atoms with Crippen LogP contribution in [0.5, 0.6) is 11.5 Å². The highest BCUT2D eigenvalue weighted by Gasteiger charge is 2.31. The molecule has 1 heterocycles. The van der Waals surface area contributed by atoms with E-state index in [1.807, 2.05) is 0 Å². The first-order chi connectivity index (χ1) is 16.2. The standard InChI is InChI=1S/C25H25F3N2O4/c1-3-16-34-21-10-4-18(17-22(21)33-2)5-11-23(31)29-12-14-30(15-13-29)24(32)19-6-8-20(9-7-19)25(26,27)28/h3-11,17H,1,12-16H2,2H3/b11-5+. The minimum absolute atomic E-state index is 0.183. The van der Waals surface area contributed by atoms with Gasteiger partial charge in [0.05, 0.1) is 12.7 Å². The van der Waals surface area contributed by atoms with E-state index in [4.69, 9.17) is 9.47 Å². The van der Waals surface area contributed by atoms with Crippen LogP contribution in [0.3, 0.4) is 0 Å². The number of rotatable bonds is 7. The Bertz CT molecular complexity index is 1060. The summed E-state index contributed by atoms with van der Waals surface area (Å²) in [6.45, 7) is 5.19. The maximum absolute atomic E-state index is 12.7. The van der Waals surface area contributed by atoms with Crippen LogP contribution < -0.4 is 9.47 Å². The van der Waals surface area contributed by atoms with Crippen molar-refractivity contribution >= 4 is 17.9 Å². The molecule has 0 atom stereocenters. The molecule has 0 aliphatic carbocycles. The Morgan fingerprint density at radius 2 is 1.65 bits per heavy atom. The number of carbonyl (C=O) groups excluding carboxylic acids is 2. The number of hydrogen-bond acceptors (Lipinski definition) is 4. The Kier molecular flexibility index (Phi) is 7.99. The zero-order valence-electron chi connectivity index (χ0n) is 18.7. The van der Waals surface area contributed by atoms with Crippen LogP contribution in [0.4, 0.5) is 13.2 Å². The average Bonchev–Trinajstić information content (AvgIpc) is 2.85. The van der Waals surface area contributed by atoms with E-state index in [1.54, 1.807) is 35.3 Å². The smallest absolute Gasteiger partial charge is 0.416 e. The number of nitrogens with zero attached hydrogens (tertiary/aromatic N) is 2. The third-order valence-corrected chi connectivity index (χ3v) is 5.30. The van der Waals surface area contributed by atoms with Gasteiger partial charge in [-0.05, 0) is 48.0 Å². The van der Waals surface area contributed by atoms with Gasteiger partial charge in [-0.3, -0.25) is 9.59 Å². The monoisotopic (exact) mass is 474 g/mol. The molecule has 2 aromatic rings. The fraction of sp³-hybridized carbons (Fsp3) is 0.280. The lowest BCUT2D eigenvalue weighted by Crippen LogP contribution is -2.50. The maximum Gasteiger partial charge on any atom is 0.416 e. The summed E-state index contributed by atoms with van der Waals surface area (Å²) in [5.41, 5.74) is 0.136. The van der Waals surface area contributed by atoms with Crippen molar-refractivity contribution < 1.29 is 32.2 Å². The summed E-state index contributed by atoms with van der Waals surface area (Å²) < 4.78 is 49.0. The summed E-state index contributed by atoms with van der Waals surface area (Å²) in [6.07, 6.45) is 0.296. The lowest BCUT2D eigenvalue weighted by Gasteiger charge is -2.34. The lowest BCUT2D eigenvalue weighted by molar-refractivity contribution is -0.137. The minimum Gasteiger partial charge on any atom is -0.493 e. The Labute approximate surface area is 195 Å². The summed E-state index contributed by atoms with van der Waals surface area (Å²) >= 11 is 0. The second-order valence-corrected chi connectivity index (χ2v) is 7.54. The number of ether oxygens (including phenoxy) is 2. The third-order valence-electron chi connectivity index (χ3n) is 5.30. The molecule has 2 aromatic carbocycles. The Balaban J connectivity index is 1.55. The van der Waals surface area contributed by atoms with Gasteiger partial charge >= 0.3 is 6.18 Å². The van der Waals surface area contributed by atoms with Gasteiger partial charge in [-0.15, -0.1) is 0 Å². The van der Waals surface area contributed by atoms with Crippen LogP contribution in [0.15, 0.2) is 61.2 Å². The second kappa shape index (κ2) is 10.9. The van der Waals surface area contributed by atoms with E-state index in [0.717, 1.165) is 17.7 Å². The molecule has 1 aliphatic heterocycles. The first-order valence-corrected chi connectivity index (χ1v) is 10.6. The van der Waals surface area contributed by atoms with Crippen LogP contribution in [0, 0.1) is 0 Å². The van der Waals surface area contributed by atoms with E-state index in [2.05, 4.69) is 6.58 Å². The number of carbonyl (C=O) groups is 2. The van der Waals surface area contributed by atoms with Crippen LogP contribution in [-0.2, 0) is 11.0 Å². The van der Waals surface area contributed by atoms with Gasteiger partial charge in [0.1, 0.15) is 6.61 Å². The molecule has 0 aromatic heterocycles. The summed E-state index contributed by atoms with van der Waals surface area (Å²) in [4.78, 5) is 28.3. The van der Waals surface area contributed by atoms with Gasteiger partial charge in [0.2, 0.25) is 5.91 Å². The first kappa shape index (κ1) is 24.9. The number of methoxy groups -OCH3 is 1. The van der Waals surface area contributed by atoms with Gasteiger partial charge in [-0.2, -0.15) is 13.2 Å². The largest absolute Gasteiger partial charge is 0.493 e. The van der Waals surface area contributed by atoms with E-state index in [-0.39, 0.29) is 17.4 Å². The topological polar surface area (TPSA) is 59.1 Å². The van der Waals surface area contributed by atoms with Crippen molar-refractivity contribution in [2.24, 2.45) is 0 Å². The fourth-order valence-electron chi connectivity index (χ4n) is 3.44. The van der Waals surface area contributed by atoms with Gasteiger partial charge in [0.15, 0.2) is 11.5 Å². The van der Waals surface area contributed by atoms with Crippen LogP contribution >= 0.6 is 0 Å². The SMILES string of the molecule is C=CCOc1ccc(/C=C/C(=O)N2CCN(C(=O)c3ccc(C(F)(F)F)cc3)CC2)cc1OC. The van der Waals surface area contributed by atoms with Crippen molar-refractivity contribution in [1.29, 1.82) is 0 Å². The molecule has 0 spiro atoms. The van der Waals surface area contributed by atoms with Crippen LogP contribution in [0.25, 0.3) is 6.08 Å². The van der Waals surface area contributed by atoms with Crippen molar-refractivity contribution in [3.05, 3.63) is 77.9 Å². The van der Waals surface area contributed by atoms with Crippen molar-refractivity contribution in [3.8, 4) is 11.5 Å². The number of piperazine rings is 1. The van der Waals surface area contributed by atoms with Crippen LogP contribution in [0.1, 0.15) is 21.5 Å². The average molecular weight is 474 g/mol. The molecule has 0 bridgehead atoms. The van der Waals surface area contributed by atoms with Crippen molar-refractivity contribution in [2.75, 3.05) is 39.9 Å². The highest BCUT2D eigenvalue weighted by atomic mass is 19.4. The second-order valence-electron chi connectivity index (χ2n) is 7.54. The molecule has 0 radical (unpaired) electrons. The first-order valence-electron chi connectivity index (χ1n) is 10.6. The van der Waals surface area contributed by atoms with Crippen molar-refractivity contribution in [3.63, 3.8) is 0 Å². The molecule has 1 saturated heterocycles. The van der Waals surface area contributed by atoms with Gasteiger partial charge in [0.25, 0.3) is 5.91 Å². The predicted octanol–water partition coefficient (Wildman–Crippen LogP) is 4.28.